The van der Waals surface area contributed by atoms with Gasteiger partial charge in [-0.15, -0.1) is 0 Å². The number of nitrogens with two attached hydrogens (primary N) is 1. The molecule has 108 valence electrons. The van der Waals surface area contributed by atoms with E-state index in [2.05, 4.69) is 11.8 Å². The number of hydrogen-bond donors (Lipinski definition) is 1. The molecule has 2 aromatic rings. The molecular weight excluding hydrogens is 282 g/mol. The van der Waals surface area contributed by atoms with Crippen molar-refractivity contribution in [2.24, 2.45) is 5.73 Å². The maximum Gasteiger partial charge on any atom is 0.149 e. The summed E-state index contributed by atoms with van der Waals surface area (Å²) in [4.78, 5) is 0. The van der Waals surface area contributed by atoms with Crippen molar-refractivity contribution in [1.82, 2.24) is 0 Å². The first kappa shape index (κ1) is 15.4. The quantitative estimate of drug-likeness (QED) is 0.875. The predicted octanol–water partition coefficient (Wildman–Crippen LogP) is 3.66. The number of rotatable bonds is 4. The van der Waals surface area contributed by atoms with E-state index in [4.69, 9.17) is 22.1 Å². The molecule has 2 aromatic carbocycles. The van der Waals surface area contributed by atoms with Gasteiger partial charge < -0.3 is 10.5 Å². The fourth-order valence-corrected chi connectivity index (χ4v) is 2.16. The molecule has 0 saturated carbocycles. The molecule has 1 atom stereocenters. The fraction of sp³-hybridized carbons (Fsp3) is 0.222. The largest absolute Gasteiger partial charge is 0.481 e. The smallest absolute Gasteiger partial charge is 0.149 e. The standard InChI is InChI=1S/C18H18ClNO/c1-14(20)12-16-13-17(19)9-10-18(16)21-11-5-8-15-6-3-2-4-7-15/h2-4,6-7,9-10,13-14H,11-12,20H2,1H3. The molecule has 2 nitrogen and oxygen atoms in total. The minimum absolute atomic E-state index is 0.0567. The highest BCUT2D eigenvalue weighted by atomic mass is 35.5. The maximum atomic E-state index is 6.02. The first-order valence-electron chi connectivity index (χ1n) is 6.86. The van der Waals surface area contributed by atoms with Gasteiger partial charge in [0.2, 0.25) is 0 Å². The Morgan fingerprint density at radius 2 is 1.95 bits per heavy atom. The zero-order chi connectivity index (χ0) is 15.1. The molecular formula is C18H18ClNO. The second kappa shape index (κ2) is 7.73. The molecule has 0 radical (unpaired) electrons. The van der Waals surface area contributed by atoms with Crippen molar-refractivity contribution in [2.75, 3.05) is 6.61 Å². The van der Waals surface area contributed by atoms with Crippen LogP contribution in [0, 0.1) is 11.8 Å². The van der Waals surface area contributed by atoms with Gasteiger partial charge in [0.05, 0.1) is 0 Å². The van der Waals surface area contributed by atoms with Gasteiger partial charge in [-0.2, -0.15) is 0 Å². The molecule has 2 rings (SSSR count). The molecule has 0 aliphatic carbocycles. The first-order valence-corrected chi connectivity index (χ1v) is 7.23. The zero-order valence-corrected chi connectivity index (χ0v) is 12.7. The van der Waals surface area contributed by atoms with Crippen LogP contribution in [-0.4, -0.2) is 12.6 Å². The Morgan fingerprint density at radius 3 is 2.67 bits per heavy atom. The summed E-state index contributed by atoms with van der Waals surface area (Å²) in [6.07, 6.45) is 0.724. The lowest BCUT2D eigenvalue weighted by atomic mass is 10.1. The first-order chi connectivity index (χ1) is 10.1. The Kier molecular flexibility index (Phi) is 5.68. The van der Waals surface area contributed by atoms with E-state index in [0.29, 0.717) is 11.6 Å². The fourth-order valence-electron chi connectivity index (χ4n) is 1.97. The lowest BCUT2D eigenvalue weighted by Gasteiger charge is -2.12. The van der Waals surface area contributed by atoms with Crippen LogP contribution in [0.15, 0.2) is 48.5 Å². The van der Waals surface area contributed by atoms with Crippen LogP contribution in [0.5, 0.6) is 5.75 Å². The van der Waals surface area contributed by atoms with Crippen LogP contribution in [0.4, 0.5) is 0 Å². The number of halogens is 1. The molecule has 0 aliphatic rings. The van der Waals surface area contributed by atoms with Gasteiger partial charge in [0.25, 0.3) is 0 Å². The SMILES string of the molecule is CC(N)Cc1cc(Cl)ccc1OCC#Cc1ccccc1. The van der Waals surface area contributed by atoms with E-state index in [1.165, 1.54) is 0 Å². The lowest BCUT2D eigenvalue weighted by molar-refractivity contribution is 0.365. The summed E-state index contributed by atoms with van der Waals surface area (Å²) in [5.74, 6) is 6.86. The van der Waals surface area contributed by atoms with Gasteiger partial charge in [0.1, 0.15) is 12.4 Å². The third-order valence-electron chi connectivity index (χ3n) is 2.87. The van der Waals surface area contributed by atoms with Gasteiger partial charge in [0, 0.05) is 16.6 Å². The van der Waals surface area contributed by atoms with Gasteiger partial charge in [-0.3, -0.25) is 0 Å². The summed E-state index contributed by atoms with van der Waals surface area (Å²) in [7, 11) is 0. The van der Waals surface area contributed by atoms with Crippen LogP contribution >= 0.6 is 11.6 Å². The normalized spacial score (nSPS) is 11.4. The Hall–Kier alpha value is -1.95. The monoisotopic (exact) mass is 299 g/mol. The Morgan fingerprint density at radius 1 is 1.19 bits per heavy atom. The van der Waals surface area contributed by atoms with Crippen molar-refractivity contribution in [2.45, 2.75) is 19.4 Å². The summed E-state index contributed by atoms with van der Waals surface area (Å²) in [5.41, 5.74) is 7.84. The highest BCUT2D eigenvalue weighted by molar-refractivity contribution is 6.30. The molecule has 2 N–H and O–H groups in total. The van der Waals surface area contributed by atoms with E-state index in [1.807, 2.05) is 55.5 Å². The molecule has 0 amide bonds. The van der Waals surface area contributed by atoms with Crippen molar-refractivity contribution in [1.29, 1.82) is 0 Å². The van der Waals surface area contributed by atoms with Gasteiger partial charge in [-0.25, -0.2) is 0 Å². The Balaban J connectivity index is 2.02. The third-order valence-corrected chi connectivity index (χ3v) is 3.11. The average molecular weight is 300 g/mol. The molecule has 1 unspecified atom stereocenters. The molecule has 0 spiro atoms. The molecule has 0 fully saturated rings. The van der Waals surface area contributed by atoms with Gasteiger partial charge in [-0.1, -0.05) is 41.6 Å². The number of benzene rings is 2. The molecule has 3 heteroatoms. The van der Waals surface area contributed by atoms with Crippen molar-refractivity contribution in [3.05, 3.63) is 64.7 Å². The average Bonchev–Trinajstić information content (AvgIpc) is 2.46. The van der Waals surface area contributed by atoms with Crippen LogP contribution in [0.3, 0.4) is 0 Å². The predicted molar refractivity (Wildman–Crippen MR) is 87.6 cm³/mol. The van der Waals surface area contributed by atoms with Crippen LogP contribution < -0.4 is 10.5 Å². The number of hydrogen-bond acceptors (Lipinski definition) is 2. The molecule has 0 aromatic heterocycles. The maximum absolute atomic E-state index is 6.02. The molecule has 21 heavy (non-hydrogen) atoms. The summed E-state index contributed by atoms with van der Waals surface area (Å²) in [5, 5.41) is 0.688. The summed E-state index contributed by atoms with van der Waals surface area (Å²) >= 11 is 6.02. The van der Waals surface area contributed by atoms with Crippen molar-refractivity contribution in [3.63, 3.8) is 0 Å². The van der Waals surface area contributed by atoms with Gasteiger partial charge in [-0.05, 0) is 49.2 Å². The molecule has 0 saturated heterocycles. The van der Waals surface area contributed by atoms with E-state index in [0.717, 1.165) is 23.3 Å². The summed E-state index contributed by atoms with van der Waals surface area (Å²) in [6.45, 7) is 2.29. The lowest BCUT2D eigenvalue weighted by Crippen LogP contribution is -2.18. The highest BCUT2D eigenvalue weighted by Crippen LogP contribution is 2.24. The number of ether oxygens (including phenoxy) is 1. The van der Waals surface area contributed by atoms with Crippen molar-refractivity contribution in [3.8, 4) is 17.6 Å². The minimum atomic E-state index is 0.0567. The van der Waals surface area contributed by atoms with E-state index in [9.17, 15) is 0 Å². The van der Waals surface area contributed by atoms with E-state index < -0.39 is 0 Å². The summed E-state index contributed by atoms with van der Waals surface area (Å²) in [6, 6.07) is 15.5. The summed E-state index contributed by atoms with van der Waals surface area (Å²) < 4.78 is 5.73. The Labute approximate surface area is 130 Å². The third kappa shape index (κ3) is 5.15. The minimum Gasteiger partial charge on any atom is -0.481 e. The molecule has 0 heterocycles. The van der Waals surface area contributed by atoms with Crippen LogP contribution in [0.1, 0.15) is 18.1 Å². The van der Waals surface area contributed by atoms with E-state index >= 15 is 0 Å². The molecule has 0 bridgehead atoms. The second-order valence-electron chi connectivity index (χ2n) is 4.89. The topological polar surface area (TPSA) is 35.2 Å². The van der Waals surface area contributed by atoms with Crippen LogP contribution in [-0.2, 0) is 6.42 Å². The Bertz CT molecular complexity index is 641. The van der Waals surface area contributed by atoms with Crippen molar-refractivity contribution >= 4 is 11.6 Å². The van der Waals surface area contributed by atoms with Gasteiger partial charge in [0.15, 0.2) is 0 Å². The second-order valence-corrected chi connectivity index (χ2v) is 5.33. The van der Waals surface area contributed by atoms with E-state index in [-0.39, 0.29) is 6.04 Å². The van der Waals surface area contributed by atoms with Crippen LogP contribution in [0.25, 0.3) is 0 Å². The van der Waals surface area contributed by atoms with Crippen molar-refractivity contribution < 1.29 is 4.74 Å². The molecule has 0 aliphatic heterocycles. The van der Waals surface area contributed by atoms with E-state index in [1.54, 1.807) is 0 Å². The highest BCUT2D eigenvalue weighted by Gasteiger charge is 2.06. The van der Waals surface area contributed by atoms with Gasteiger partial charge >= 0.3 is 0 Å². The zero-order valence-electron chi connectivity index (χ0n) is 12.0. The van der Waals surface area contributed by atoms with Crippen LogP contribution in [0.2, 0.25) is 5.02 Å².